The van der Waals surface area contributed by atoms with Crippen molar-refractivity contribution in [3.8, 4) is 11.5 Å². The van der Waals surface area contributed by atoms with Gasteiger partial charge in [-0.3, -0.25) is 0 Å². The first kappa shape index (κ1) is 14.1. The van der Waals surface area contributed by atoms with Crippen LogP contribution in [-0.2, 0) is 4.74 Å². The third-order valence-corrected chi connectivity index (χ3v) is 2.75. The molecule has 2 rings (SSSR count). The number of ether oxygens (including phenoxy) is 2. The quantitative estimate of drug-likeness (QED) is 0.775. The highest BCUT2D eigenvalue weighted by Crippen LogP contribution is 2.24. The van der Waals surface area contributed by atoms with E-state index in [-0.39, 0.29) is 12.1 Å². The molecule has 2 aromatic rings. The lowest BCUT2D eigenvalue weighted by Crippen LogP contribution is -2.11. The van der Waals surface area contributed by atoms with Crippen LogP contribution in [0.4, 0.5) is 0 Å². The molecular weight excluding hydrogens is 252 g/mol. The Bertz CT molecular complexity index is 585. The molecule has 0 bridgehead atoms. The van der Waals surface area contributed by atoms with E-state index >= 15 is 0 Å². The van der Waals surface area contributed by atoms with Crippen molar-refractivity contribution in [1.82, 2.24) is 0 Å². The number of rotatable bonds is 4. The smallest absolute Gasteiger partial charge is 0.338 e. The molecule has 0 N–H and O–H groups in total. The normalized spacial score (nSPS) is 10.4. The summed E-state index contributed by atoms with van der Waals surface area (Å²) in [7, 11) is 0. The van der Waals surface area contributed by atoms with Gasteiger partial charge >= 0.3 is 5.97 Å². The Kier molecular flexibility index (Phi) is 4.41. The van der Waals surface area contributed by atoms with Crippen LogP contribution < -0.4 is 4.74 Å². The molecule has 3 heteroatoms. The summed E-state index contributed by atoms with van der Waals surface area (Å²) in [6.45, 7) is 5.64. The zero-order chi connectivity index (χ0) is 14.5. The third-order valence-electron chi connectivity index (χ3n) is 2.75. The molecule has 3 nitrogen and oxygen atoms in total. The van der Waals surface area contributed by atoms with Gasteiger partial charge in [0.05, 0.1) is 11.7 Å². The van der Waals surface area contributed by atoms with Gasteiger partial charge in [-0.1, -0.05) is 18.2 Å². The van der Waals surface area contributed by atoms with Gasteiger partial charge in [0, 0.05) is 0 Å². The van der Waals surface area contributed by atoms with Crippen molar-refractivity contribution in [2.45, 2.75) is 26.9 Å². The molecule has 0 heterocycles. The molecule has 0 aliphatic heterocycles. The Morgan fingerprint density at radius 3 is 2.25 bits per heavy atom. The van der Waals surface area contributed by atoms with Crippen LogP contribution in [0, 0.1) is 6.92 Å². The van der Waals surface area contributed by atoms with Gasteiger partial charge in [-0.05, 0) is 56.7 Å². The molecule has 0 aromatic heterocycles. The first-order valence-corrected chi connectivity index (χ1v) is 6.61. The predicted octanol–water partition coefficient (Wildman–Crippen LogP) is 4.35. The van der Waals surface area contributed by atoms with E-state index in [1.165, 1.54) is 0 Å². The van der Waals surface area contributed by atoms with E-state index in [0.29, 0.717) is 11.3 Å². The summed E-state index contributed by atoms with van der Waals surface area (Å²) >= 11 is 0. The van der Waals surface area contributed by atoms with Crippen LogP contribution in [0.1, 0.15) is 29.8 Å². The molecule has 0 amide bonds. The first-order valence-electron chi connectivity index (χ1n) is 6.61. The van der Waals surface area contributed by atoms with E-state index in [0.717, 1.165) is 11.3 Å². The van der Waals surface area contributed by atoms with Gasteiger partial charge in [0.25, 0.3) is 0 Å². The second-order valence-corrected chi connectivity index (χ2v) is 4.85. The number of aryl methyl sites for hydroxylation is 1. The molecule has 0 saturated carbocycles. The minimum absolute atomic E-state index is 0.120. The van der Waals surface area contributed by atoms with Crippen molar-refractivity contribution in [2.24, 2.45) is 0 Å². The maximum absolute atomic E-state index is 11.7. The number of benzene rings is 2. The standard InChI is InChI=1S/C17H18O3/c1-12(2)19-17(18)14-8-10-15(11-9-14)20-16-7-5-4-6-13(16)3/h4-12H,1-3H3. The molecular formula is C17H18O3. The molecule has 0 aliphatic carbocycles. The average molecular weight is 270 g/mol. The maximum Gasteiger partial charge on any atom is 0.338 e. The second kappa shape index (κ2) is 6.24. The van der Waals surface area contributed by atoms with Crippen molar-refractivity contribution >= 4 is 5.97 Å². The Balaban J connectivity index is 2.09. The van der Waals surface area contributed by atoms with Crippen LogP contribution >= 0.6 is 0 Å². The van der Waals surface area contributed by atoms with Gasteiger partial charge in [-0.2, -0.15) is 0 Å². The van der Waals surface area contributed by atoms with E-state index in [1.54, 1.807) is 24.3 Å². The van der Waals surface area contributed by atoms with Crippen LogP contribution in [0.3, 0.4) is 0 Å². The minimum atomic E-state index is -0.317. The van der Waals surface area contributed by atoms with Crippen LogP contribution in [-0.4, -0.2) is 12.1 Å². The summed E-state index contributed by atoms with van der Waals surface area (Å²) < 4.78 is 10.9. The van der Waals surface area contributed by atoms with Crippen molar-refractivity contribution in [3.05, 3.63) is 59.7 Å². The van der Waals surface area contributed by atoms with Gasteiger partial charge < -0.3 is 9.47 Å². The highest BCUT2D eigenvalue weighted by molar-refractivity contribution is 5.89. The fraction of sp³-hybridized carbons (Fsp3) is 0.235. The Hall–Kier alpha value is -2.29. The van der Waals surface area contributed by atoms with Gasteiger partial charge in [0.2, 0.25) is 0 Å². The highest BCUT2D eigenvalue weighted by atomic mass is 16.5. The average Bonchev–Trinajstić information content (AvgIpc) is 2.41. The van der Waals surface area contributed by atoms with E-state index in [9.17, 15) is 4.79 Å². The Morgan fingerprint density at radius 2 is 1.65 bits per heavy atom. The van der Waals surface area contributed by atoms with E-state index < -0.39 is 0 Å². The topological polar surface area (TPSA) is 35.5 Å². The van der Waals surface area contributed by atoms with Crippen molar-refractivity contribution in [3.63, 3.8) is 0 Å². The molecule has 0 radical (unpaired) electrons. The fourth-order valence-electron chi connectivity index (χ4n) is 1.74. The minimum Gasteiger partial charge on any atom is -0.459 e. The molecule has 104 valence electrons. The number of esters is 1. The number of carbonyl (C=O) groups excluding carboxylic acids is 1. The maximum atomic E-state index is 11.7. The summed E-state index contributed by atoms with van der Waals surface area (Å²) in [5.41, 5.74) is 1.59. The van der Waals surface area contributed by atoms with Gasteiger partial charge in [0.1, 0.15) is 11.5 Å². The summed E-state index contributed by atoms with van der Waals surface area (Å²) in [4.78, 5) is 11.7. The van der Waals surface area contributed by atoms with Gasteiger partial charge in [-0.15, -0.1) is 0 Å². The lowest BCUT2D eigenvalue weighted by atomic mass is 10.2. The molecule has 0 fully saturated rings. The van der Waals surface area contributed by atoms with E-state index in [4.69, 9.17) is 9.47 Å². The lowest BCUT2D eigenvalue weighted by molar-refractivity contribution is 0.0378. The third kappa shape index (κ3) is 3.60. The molecule has 0 spiro atoms. The van der Waals surface area contributed by atoms with Gasteiger partial charge in [0.15, 0.2) is 0 Å². The number of para-hydroxylation sites is 1. The van der Waals surface area contributed by atoms with E-state index in [2.05, 4.69) is 0 Å². The summed E-state index contributed by atoms with van der Waals surface area (Å²) in [6.07, 6.45) is -0.120. The predicted molar refractivity (Wildman–Crippen MR) is 78.2 cm³/mol. The Labute approximate surface area is 119 Å². The number of carbonyl (C=O) groups is 1. The molecule has 0 saturated heterocycles. The molecule has 0 aliphatic rings. The molecule has 0 atom stereocenters. The summed E-state index contributed by atoms with van der Waals surface area (Å²) in [6, 6.07) is 14.7. The van der Waals surface area contributed by atoms with Crippen LogP contribution in [0.15, 0.2) is 48.5 Å². The number of hydrogen-bond acceptors (Lipinski definition) is 3. The second-order valence-electron chi connectivity index (χ2n) is 4.85. The van der Waals surface area contributed by atoms with Crippen molar-refractivity contribution in [1.29, 1.82) is 0 Å². The first-order chi connectivity index (χ1) is 9.56. The molecule has 0 unspecified atom stereocenters. The SMILES string of the molecule is Cc1ccccc1Oc1ccc(C(=O)OC(C)C)cc1. The van der Waals surface area contributed by atoms with Crippen LogP contribution in [0.25, 0.3) is 0 Å². The van der Waals surface area contributed by atoms with Crippen molar-refractivity contribution < 1.29 is 14.3 Å². The summed E-state index contributed by atoms with van der Waals surface area (Å²) in [5.74, 6) is 1.19. The van der Waals surface area contributed by atoms with Crippen LogP contribution in [0.2, 0.25) is 0 Å². The Morgan fingerprint density at radius 1 is 1.00 bits per heavy atom. The monoisotopic (exact) mass is 270 g/mol. The highest BCUT2D eigenvalue weighted by Gasteiger charge is 2.09. The molecule has 20 heavy (non-hydrogen) atoms. The largest absolute Gasteiger partial charge is 0.459 e. The van der Waals surface area contributed by atoms with Gasteiger partial charge in [-0.25, -0.2) is 4.79 Å². The van der Waals surface area contributed by atoms with E-state index in [1.807, 2.05) is 45.0 Å². The molecule has 2 aromatic carbocycles. The zero-order valence-corrected chi connectivity index (χ0v) is 11.9. The fourth-order valence-corrected chi connectivity index (χ4v) is 1.74. The zero-order valence-electron chi connectivity index (χ0n) is 11.9. The summed E-state index contributed by atoms with van der Waals surface area (Å²) in [5, 5.41) is 0. The van der Waals surface area contributed by atoms with Crippen LogP contribution in [0.5, 0.6) is 11.5 Å². The lowest BCUT2D eigenvalue weighted by Gasteiger charge is -2.10. The van der Waals surface area contributed by atoms with Crippen molar-refractivity contribution in [2.75, 3.05) is 0 Å². The number of hydrogen-bond donors (Lipinski definition) is 0.